The Kier molecular flexibility index (Phi) is 5.57. The maximum absolute atomic E-state index is 13.0. The minimum absolute atomic E-state index is 0.202. The number of benzene rings is 2. The number of furan rings is 1. The number of amides is 1. The number of carboxylic acids is 1. The van der Waals surface area contributed by atoms with Crippen molar-refractivity contribution in [2.24, 2.45) is 0 Å². The van der Waals surface area contributed by atoms with E-state index < -0.39 is 17.9 Å². The van der Waals surface area contributed by atoms with E-state index >= 15 is 0 Å². The Morgan fingerprint density at radius 2 is 1.80 bits per heavy atom. The highest BCUT2D eigenvalue weighted by Crippen LogP contribution is 2.38. The lowest BCUT2D eigenvalue weighted by molar-refractivity contribution is -0.145. The van der Waals surface area contributed by atoms with E-state index in [9.17, 15) is 14.7 Å². The molecule has 0 radical (unpaired) electrons. The molecule has 1 N–H and O–H groups in total. The van der Waals surface area contributed by atoms with E-state index in [0.717, 1.165) is 27.8 Å². The van der Waals surface area contributed by atoms with Gasteiger partial charge in [-0.2, -0.15) is 0 Å². The van der Waals surface area contributed by atoms with E-state index in [1.54, 1.807) is 42.5 Å². The second-order valence-electron chi connectivity index (χ2n) is 6.77. The van der Waals surface area contributed by atoms with Crippen LogP contribution in [0.5, 0.6) is 0 Å². The number of carbonyl (C=O) groups is 2. The maximum atomic E-state index is 13.0. The predicted octanol–water partition coefficient (Wildman–Crippen LogP) is 5.28. The molecule has 0 aliphatic carbocycles. The first-order chi connectivity index (χ1) is 14.4. The fourth-order valence-corrected chi connectivity index (χ4v) is 4.47. The molecule has 0 unspecified atom stereocenters. The summed E-state index contributed by atoms with van der Waals surface area (Å²) in [4.78, 5) is 26.4. The highest BCUT2D eigenvalue weighted by molar-refractivity contribution is 8.26. The van der Waals surface area contributed by atoms with Gasteiger partial charge in [0.1, 0.15) is 15.8 Å². The number of carboxylic acid groups (broad SMARTS) is 1. The van der Waals surface area contributed by atoms with Crippen LogP contribution in [-0.4, -0.2) is 26.2 Å². The van der Waals surface area contributed by atoms with Gasteiger partial charge < -0.3 is 9.52 Å². The molecule has 1 aliphatic heterocycles. The minimum Gasteiger partial charge on any atom is -0.479 e. The lowest BCUT2D eigenvalue weighted by Crippen LogP contribution is -2.37. The third kappa shape index (κ3) is 3.94. The number of rotatable bonds is 5. The van der Waals surface area contributed by atoms with Gasteiger partial charge in [-0.3, -0.25) is 9.69 Å². The summed E-state index contributed by atoms with van der Waals surface area (Å²) in [5, 5.41) is 9.75. The third-order valence-electron chi connectivity index (χ3n) is 4.67. The summed E-state index contributed by atoms with van der Waals surface area (Å²) in [5.74, 6) is -0.407. The Morgan fingerprint density at radius 3 is 2.47 bits per heavy atom. The van der Waals surface area contributed by atoms with E-state index in [1.807, 2.05) is 37.3 Å². The average molecular weight is 436 g/mol. The molecule has 2 heterocycles. The quantitative estimate of drug-likeness (QED) is 0.434. The van der Waals surface area contributed by atoms with E-state index in [0.29, 0.717) is 22.0 Å². The molecule has 1 saturated heterocycles. The zero-order valence-electron chi connectivity index (χ0n) is 15.9. The Hall–Kier alpha value is -3.16. The van der Waals surface area contributed by atoms with Gasteiger partial charge in [0.2, 0.25) is 0 Å². The van der Waals surface area contributed by atoms with Crippen LogP contribution >= 0.6 is 24.0 Å². The van der Waals surface area contributed by atoms with E-state index in [-0.39, 0.29) is 4.32 Å². The molecule has 30 heavy (non-hydrogen) atoms. The number of aliphatic carboxylic acids is 1. The Labute approximate surface area is 183 Å². The van der Waals surface area contributed by atoms with Crippen LogP contribution in [0.25, 0.3) is 17.4 Å². The van der Waals surface area contributed by atoms with Gasteiger partial charge in [-0.25, -0.2) is 4.79 Å². The molecule has 0 bridgehead atoms. The Balaban J connectivity index is 1.62. The fourth-order valence-electron chi connectivity index (χ4n) is 3.17. The van der Waals surface area contributed by atoms with Crippen LogP contribution in [0.4, 0.5) is 0 Å². The van der Waals surface area contributed by atoms with Crippen LogP contribution in [0, 0.1) is 6.92 Å². The van der Waals surface area contributed by atoms with E-state index in [4.69, 9.17) is 16.6 Å². The standard InChI is InChI=1S/C23H17NO4S2/c1-14-7-9-15(10-8-14)18-12-11-17(28-18)13-19-21(25)24(23(29)30-19)20(22(26)27)16-5-3-2-4-6-16/h2-13,20H,1H3,(H,26,27)/b19-13+/t20-/m0/s1. The monoisotopic (exact) mass is 435 g/mol. The molecule has 1 aromatic heterocycles. The van der Waals surface area contributed by atoms with Crippen LogP contribution in [0.2, 0.25) is 0 Å². The zero-order chi connectivity index (χ0) is 21.3. The van der Waals surface area contributed by atoms with Crippen molar-refractivity contribution in [1.29, 1.82) is 0 Å². The normalized spacial score (nSPS) is 16.3. The van der Waals surface area contributed by atoms with Gasteiger partial charge in [-0.15, -0.1) is 0 Å². The summed E-state index contributed by atoms with van der Waals surface area (Å²) < 4.78 is 6.06. The lowest BCUT2D eigenvalue weighted by Gasteiger charge is -2.23. The first-order valence-corrected chi connectivity index (χ1v) is 10.4. The summed E-state index contributed by atoms with van der Waals surface area (Å²) >= 11 is 6.40. The van der Waals surface area contributed by atoms with Crippen LogP contribution in [0.15, 0.2) is 76.1 Å². The van der Waals surface area contributed by atoms with Crippen LogP contribution < -0.4 is 0 Å². The molecule has 0 saturated carbocycles. The molecule has 2 aromatic carbocycles. The van der Waals surface area contributed by atoms with Gasteiger partial charge in [0.15, 0.2) is 6.04 Å². The summed E-state index contributed by atoms with van der Waals surface area (Å²) in [7, 11) is 0. The van der Waals surface area contributed by atoms with Gasteiger partial charge in [-0.05, 0) is 24.6 Å². The highest BCUT2D eigenvalue weighted by atomic mass is 32.2. The molecule has 5 nitrogen and oxygen atoms in total. The molecule has 1 aliphatic rings. The second-order valence-corrected chi connectivity index (χ2v) is 8.45. The highest BCUT2D eigenvalue weighted by Gasteiger charge is 2.41. The van der Waals surface area contributed by atoms with Gasteiger partial charge in [0.05, 0.1) is 4.91 Å². The topological polar surface area (TPSA) is 70.8 Å². The van der Waals surface area contributed by atoms with E-state index in [2.05, 4.69) is 0 Å². The number of thiocarbonyl (C=S) groups is 1. The van der Waals surface area contributed by atoms with Crippen molar-refractivity contribution in [3.8, 4) is 11.3 Å². The molecular formula is C23H17NO4S2. The molecule has 1 atom stereocenters. The molecule has 7 heteroatoms. The molecule has 1 fully saturated rings. The third-order valence-corrected chi connectivity index (χ3v) is 6.00. The molecule has 0 spiro atoms. The number of carbonyl (C=O) groups excluding carboxylic acids is 1. The van der Waals surface area contributed by atoms with Crippen molar-refractivity contribution >= 4 is 46.3 Å². The van der Waals surface area contributed by atoms with Crippen molar-refractivity contribution in [3.63, 3.8) is 0 Å². The SMILES string of the molecule is Cc1ccc(-c2ccc(/C=C3/SC(=S)N([C@H](C(=O)O)c4ccccc4)C3=O)o2)cc1. The number of thioether (sulfide) groups is 1. The van der Waals surface area contributed by atoms with Crippen LogP contribution in [0.1, 0.15) is 22.9 Å². The summed E-state index contributed by atoms with van der Waals surface area (Å²) in [6.45, 7) is 2.01. The van der Waals surface area contributed by atoms with Gasteiger partial charge in [-0.1, -0.05) is 84.1 Å². The first kappa shape index (κ1) is 20.1. The van der Waals surface area contributed by atoms with Crippen molar-refractivity contribution in [1.82, 2.24) is 4.90 Å². The first-order valence-electron chi connectivity index (χ1n) is 9.16. The molecular weight excluding hydrogens is 418 g/mol. The summed E-state index contributed by atoms with van der Waals surface area (Å²) in [6, 6.07) is 18.9. The second kappa shape index (κ2) is 8.30. The van der Waals surface area contributed by atoms with E-state index in [1.165, 1.54) is 0 Å². The smallest absolute Gasteiger partial charge is 0.331 e. The number of aryl methyl sites for hydroxylation is 1. The maximum Gasteiger partial charge on any atom is 0.331 e. The number of nitrogens with zero attached hydrogens (tertiary/aromatic N) is 1. The van der Waals surface area contributed by atoms with Crippen LogP contribution in [0.3, 0.4) is 0 Å². The largest absolute Gasteiger partial charge is 0.479 e. The van der Waals surface area contributed by atoms with Gasteiger partial charge >= 0.3 is 5.97 Å². The predicted molar refractivity (Wildman–Crippen MR) is 121 cm³/mol. The summed E-state index contributed by atoms with van der Waals surface area (Å²) in [6.07, 6.45) is 1.60. The Morgan fingerprint density at radius 1 is 1.10 bits per heavy atom. The molecule has 150 valence electrons. The van der Waals surface area contributed by atoms with Crippen molar-refractivity contribution in [2.45, 2.75) is 13.0 Å². The zero-order valence-corrected chi connectivity index (χ0v) is 17.6. The number of hydrogen-bond donors (Lipinski definition) is 1. The molecule has 1 amide bonds. The number of hydrogen-bond acceptors (Lipinski definition) is 5. The summed E-state index contributed by atoms with van der Waals surface area (Å²) in [5.41, 5.74) is 2.57. The Bertz CT molecular complexity index is 1150. The fraction of sp³-hybridized carbons (Fsp3) is 0.0870. The minimum atomic E-state index is -1.18. The molecule has 3 aromatic rings. The lowest BCUT2D eigenvalue weighted by atomic mass is 10.1. The van der Waals surface area contributed by atoms with Crippen molar-refractivity contribution in [2.75, 3.05) is 0 Å². The molecule has 4 rings (SSSR count). The van der Waals surface area contributed by atoms with Gasteiger partial charge in [0.25, 0.3) is 5.91 Å². The van der Waals surface area contributed by atoms with Crippen LogP contribution in [-0.2, 0) is 9.59 Å². The van der Waals surface area contributed by atoms with Crippen molar-refractivity contribution in [3.05, 3.63) is 88.5 Å². The average Bonchev–Trinajstić information content (AvgIpc) is 3.30. The van der Waals surface area contributed by atoms with Gasteiger partial charge in [0, 0.05) is 11.6 Å². The van der Waals surface area contributed by atoms with Crippen molar-refractivity contribution < 1.29 is 19.1 Å².